The molecule has 2 rings (SSSR count). The Morgan fingerprint density at radius 3 is 2.30 bits per heavy atom. The Hall–Kier alpha value is -1.78. The molecule has 0 aliphatic rings. The number of aryl methyl sites for hydroxylation is 2. The maximum absolute atomic E-state index is 13.9. The van der Waals surface area contributed by atoms with E-state index < -0.39 is 17.7 Å². The molecule has 0 aromatic heterocycles. The Balaban J connectivity index is 2.28. The third-order valence-corrected chi connectivity index (χ3v) is 3.41. The van der Waals surface area contributed by atoms with Crippen LogP contribution in [-0.4, -0.2) is 0 Å². The van der Waals surface area contributed by atoms with Gasteiger partial charge in [-0.15, -0.1) is 0 Å². The van der Waals surface area contributed by atoms with E-state index in [4.69, 9.17) is 5.84 Å². The van der Waals surface area contributed by atoms with Crippen LogP contribution in [0.5, 0.6) is 0 Å². The van der Waals surface area contributed by atoms with Gasteiger partial charge in [0.15, 0.2) is 0 Å². The van der Waals surface area contributed by atoms with Crippen molar-refractivity contribution in [3.8, 4) is 0 Å². The number of hydrazine groups is 1. The van der Waals surface area contributed by atoms with E-state index in [9.17, 15) is 8.78 Å². The molecule has 0 amide bonds. The lowest BCUT2D eigenvalue weighted by molar-refractivity contribution is 0.500. The molecule has 0 fully saturated rings. The molecule has 20 heavy (non-hydrogen) atoms. The highest BCUT2D eigenvalue weighted by atomic mass is 19.1. The number of nitrogens with two attached hydrogens (primary N) is 1. The van der Waals surface area contributed by atoms with Gasteiger partial charge in [-0.05, 0) is 37.5 Å². The highest BCUT2D eigenvalue weighted by Crippen LogP contribution is 2.23. The average Bonchev–Trinajstić information content (AvgIpc) is 2.43. The maximum Gasteiger partial charge on any atom is 0.130 e. The van der Waals surface area contributed by atoms with Gasteiger partial charge in [0.1, 0.15) is 11.6 Å². The normalized spacial score (nSPS) is 12.4. The molecular formula is C16H18F2N2. The highest BCUT2D eigenvalue weighted by Gasteiger charge is 2.17. The second kappa shape index (κ2) is 6.11. The van der Waals surface area contributed by atoms with Gasteiger partial charge in [0, 0.05) is 11.6 Å². The van der Waals surface area contributed by atoms with Crippen LogP contribution in [-0.2, 0) is 6.42 Å². The van der Waals surface area contributed by atoms with E-state index in [-0.39, 0.29) is 0 Å². The number of hydrogen-bond acceptors (Lipinski definition) is 2. The fourth-order valence-corrected chi connectivity index (χ4v) is 2.17. The van der Waals surface area contributed by atoms with Crippen LogP contribution in [0.15, 0.2) is 36.4 Å². The van der Waals surface area contributed by atoms with Gasteiger partial charge in [-0.2, -0.15) is 0 Å². The molecule has 1 atom stereocenters. The summed E-state index contributed by atoms with van der Waals surface area (Å²) in [6.07, 6.45) is 0.540. The van der Waals surface area contributed by atoms with Crippen LogP contribution < -0.4 is 11.3 Å². The monoisotopic (exact) mass is 276 g/mol. The molecule has 0 spiro atoms. The van der Waals surface area contributed by atoms with Crippen LogP contribution in [0.25, 0.3) is 0 Å². The molecule has 0 aliphatic carbocycles. The summed E-state index contributed by atoms with van der Waals surface area (Å²) in [4.78, 5) is 0. The first-order valence-corrected chi connectivity index (χ1v) is 6.48. The van der Waals surface area contributed by atoms with E-state index in [1.165, 1.54) is 6.07 Å². The fraction of sp³-hybridized carbons (Fsp3) is 0.250. The van der Waals surface area contributed by atoms with Crippen molar-refractivity contribution in [3.63, 3.8) is 0 Å². The molecule has 1 unspecified atom stereocenters. The van der Waals surface area contributed by atoms with Crippen molar-refractivity contribution >= 4 is 0 Å². The third kappa shape index (κ3) is 3.21. The molecule has 0 radical (unpaired) electrons. The standard InChI is InChI=1S/C16H18F2N2/c1-10-3-5-12(6-4-10)8-16(20-19)13-7-11(2)14(17)9-15(13)18/h3-7,9,16,20H,8,19H2,1-2H3. The van der Waals surface area contributed by atoms with E-state index in [0.29, 0.717) is 17.5 Å². The predicted molar refractivity (Wildman–Crippen MR) is 76.0 cm³/mol. The number of benzene rings is 2. The molecule has 0 saturated heterocycles. The molecule has 3 N–H and O–H groups in total. The lowest BCUT2D eigenvalue weighted by Crippen LogP contribution is -2.30. The first kappa shape index (κ1) is 14.6. The van der Waals surface area contributed by atoms with Crippen molar-refractivity contribution in [2.45, 2.75) is 26.3 Å². The topological polar surface area (TPSA) is 38.0 Å². The van der Waals surface area contributed by atoms with Crippen molar-refractivity contribution in [2.24, 2.45) is 5.84 Å². The zero-order chi connectivity index (χ0) is 14.7. The molecule has 0 bridgehead atoms. The lowest BCUT2D eigenvalue weighted by Gasteiger charge is -2.18. The van der Waals surface area contributed by atoms with Crippen LogP contribution in [0.1, 0.15) is 28.3 Å². The molecule has 2 aromatic rings. The quantitative estimate of drug-likeness (QED) is 0.664. The fourth-order valence-electron chi connectivity index (χ4n) is 2.17. The Morgan fingerprint density at radius 1 is 1.05 bits per heavy atom. The third-order valence-electron chi connectivity index (χ3n) is 3.41. The summed E-state index contributed by atoms with van der Waals surface area (Å²) in [5.74, 6) is 4.40. The van der Waals surface area contributed by atoms with Gasteiger partial charge < -0.3 is 0 Å². The van der Waals surface area contributed by atoms with Crippen LogP contribution in [0.3, 0.4) is 0 Å². The van der Waals surface area contributed by atoms with Gasteiger partial charge in [0.25, 0.3) is 0 Å². The molecule has 0 heterocycles. The summed E-state index contributed by atoms with van der Waals surface area (Å²) in [6.45, 7) is 3.61. The molecule has 2 nitrogen and oxygen atoms in total. The summed E-state index contributed by atoms with van der Waals surface area (Å²) in [6, 6.07) is 9.97. The van der Waals surface area contributed by atoms with Crippen LogP contribution in [0, 0.1) is 25.5 Å². The second-order valence-corrected chi connectivity index (χ2v) is 5.03. The minimum Gasteiger partial charge on any atom is -0.271 e. The van der Waals surface area contributed by atoms with E-state index in [1.807, 2.05) is 31.2 Å². The minimum absolute atomic E-state index is 0.381. The number of halogens is 2. The second-order valence-electron chi connectivity index (χ2n) is 5.03. The molecule has 2 aromatic carbocycles. The van der Waals surface area contributed by atoms with Crippen molar-refractivity contribution in [1.82, 2.24) is 5.43 Å². The van der Waals surface area contributed by atoms with Crippen LogP contribution in [0.2, 0.25) is 0 Å². The van der Waals surface area contributed by atoms with E-state index in [0.717, 1.165) is 17.2 Å². The van der Waals surface area contributed by atoms with Crippen LogP contribution in [0.4, 0.5) is 8.78 Å². The number of nitrogens with one attached hydrogen (secondary N) is 1. The molecule has 4 heteroatoms. The maximum atomic E-state index is 13.9. The van der Waals surface area contributed by atoms with Crippen molar-refractivity contribution in [1.29, 1.82) is 0 Å². The molecule has 0 aliphatic heterocycles. The Morgan fingerprint density at radius 2 is 1.70 bits per heavy atom. The lowest BCUT2D eigenvalue weighted by atomic mass is 9.97. The SMILES string of the molecule is Cc1ccc(CC(NN)c2cc(C)c(F)cc2F)cc1. The summed E-state index contributed by atoms with van der Waals surface area (Å²) >= 11 is 0. The van der Waals surface area contributed by atoms with Crippen molar-refractivity contribution in [2.75, 3.05) is 0 Å². The summed E-state index contributed by atoms with van der Waals surface area (Å²) < 4.78 is 27.2. The smallest absolute Gasteiger partial charge is 0.130 e. The molecule has 106 valence electrons. The largest absolute Gasteiger partial charge is 0.271 e. The molecular weight excluding hydrogens is 258 g/mol. The van der Waals surface area contributed by atoms with Gasteiger partial charge >= 0.3 is 0 Å². The first-order chi connectivity index (χ1) is 9.51. The first-order valence-electron chi connectivity index (χ1n) is 6.48. The van der Waals surface area contributed by atoms with Crippen LogP contribution >= 0.6 is 0 Å². The number of rotatable bonds is 4. The van der Waals surface area contributed by atoms with Crippen molar-refractivity contribution < 1.29 is 8.78 Å². The van der Waals surface area contributed by atoms with Crippen molar-refractivity contribution in [3.05, 3.63) is 70.3 Å². The zero-order valence-corrected chi connectivity index (χ0v) is 11.6. The zero-order valence-electron chi connectivity index (χ0n) is 11.6. The Bertz CT molecular complexity index is 594. The Kier molecular flexibility index (Phi) is 4.47. The summed E-state index contributed by atoms with van der Waals surface area (Å²) in [5, 5.41) is 0. The van der Waals surface area contributed by atoms with Gasteiger partial charge in [-0.25, -0.2) is 8.78 Å². The molecule has 0 saturated carbocycles. The van der Waals surface area contributed by atoms with Gasteiger partial charge in [0.2, 0.25) is 0 Å². The van der Waals surface area contributed by atoms with Gasteiger partial charge in [0.05, 0.1) is 6.04 Å². The van der Waals surface area contributed by atoms with Gasteiger partial charge in [-0.3, -0.25) is 11.3 Å². The van der Waals surface area contributed by atoms with E-state index in [2.05, 4.69) is 5.43 Å². The van der Waals surface area contributed by atoms with Gasteiger partial charge in [-0.1, -0.05) is 29.8 Å². The average molecular weight is 276 g/mol. The highest BCUT2D eigenvalue weighted by molar-refractivity contribution is 5.30. The minimum atomic E-state index is -0.580. The van der Waals surface area contributed by atoms with E-state index in [1.54, 1.807) is 6.92 Å². The Labute approximate surface area is 117 Å². The number of hydrogen-bond donors (Lipinski definition) is 2. The summed E-state index contributed by atoms with van der Waals surface area (Å²) in [5.41, 5.74) is 5.60. The predicted octanol–water partition coefficient (Wildman–Crippen LogP) is 3.33. The summed E-state index contributed by atoms with van der Waals surface area (Å²) in [7, 11) is 0. The van der Waals surface area contributed by atoms with E-state index >= 15 is 0 Å².